The molecule has 0 spiro atoms. The van der Waals surface area contributed by atoms with Crippen molar-refractivity contribution in [2.24, 2.45) is 11.7 Å². The van der Waals surface area contributed by atoms with Crippen LogP contribution in [-0.4, -0.2) is 65.7 Å². The minimum absolute atomic E-state index is 0.125. The zero-order chi connectivity index (χ0) is 20.8. The number of nitrogens with two attached hydrogens (primary N) is 1. The normalized spacial score (nSPS) is 22.7. The lowest BCUT2D eigenvalue weighted by Gasteiger charge is -2.28. The second kappa shape index (κ2) is 9.52. The van der Waals surface area contributed by atoms with Crippen LogP contribution in [-0.2, 0) is 24.0 Å². The molecule has 2 heterocycles. The first kappa shape index (κ1) is 21.6. The van der Waals surface area contributed by atoms with Crippen molar-refractivity contribution in [2.75, 3.05) is 13.1 Å². The molecule has 2 aliphatic heterocycles. The first-order valence-electron chi connectivity index (χ1n) is 9.65. The fourth-order valence-corrected chi connectivity index (χ4v) is 3.57. The second-order valence-electron chi connectivity index (χ2n) is 7.72. The summed E-state index contributed by atoms with van der Waals surface area (Å²) < 4.78 is 0. The predicted molar refractivity (Wildman–Crippen MR) is 99.5 cm³/mol. The molecule has 0 aromatic rings. The van der Waals surface area contributed by atoms with Crippen molar-refractivity contribution in [3.8, 4) is 0 Å². The van der Waals surface area contributed by atoms with E-state index in [-0.39, 0.29) is 24.3 Å². The van der Waals surface area contributed by atoms with E-state index < -0.39 is 35.8 Å². The van der Waals surface area contributed by atoms with Crippen molar-refractivity contribution < 1.29 is 24.0 Å². The van der Waals surface area contributed by atoms with E-state index in [4.69, 9.17) is 5.73 Å². The third kappa shape index (κ3) is 5.67. The van der Waals surface area contributed by atoms with Gasteiger partial charge in [-0.05, 0) is 31.6 Å². The van der Waals surface area contributed by atoms with Crippen molar-refractivity contribution in [3.05, 3.63) is 0 Å². The number of nitrogens with zero attached hydrogens (tertiary/aromatic N) is 1. The Balaban J connectivity index is 2.02. The smallest absolute Gasteiger partial charge is 0.245 e. The van der Waals surface area contributed by atoms with Gasteiger partial charge in [-0.2, -0.15) is 0 Å². The molecule has 2 aliphatic rings. The van der Waals surface area contributed by atoms with Crippen molar-refractivity contribution in [3.63, 3.8) is 0 Å². The summed E-state index contributed by atoms with van der Waals surface area (Å²) in [6, 6.07) is -2.09. The molecule has 10 nitrogen and oxygen atoms in total. The first-order valence-corrected chi connectivity index (χ1v) is 9.65. The van der Waals surface area contributed by atoms with Crippen LogP contribution in [0.4, 0.5) is 0 Å². The van der Waals surface area contributed by atoms with Crippen molar-refractivity contribution in [1.29, 1.82) is 0 Å². The highest BCUT2D eigenvalue weighted by Crippen LogP contribution is 2.21. The zero-order valence-electron chi connectivity index (χ0n) is 16.3. The molecule has 0 aliphatic carbocycles. The highest BCUT2D eigenvalue weighted by molar-refractivity contribution is 5.96. The standard InChI is InChI=1S/C18H29N5O5/c1-10(2)8-12(16(26)20-9-14(19)24)22-17(27)13-4-3-7-23(13)18(28)11-5-6-15(25)21-11/h10-13H,3-9H2,1-2H3,(H2,19,24)(H,20,26)(H,21,25)(H,22,27). The number of hydrogen-bond donors (Lipinski definition) is 4. The number of nitrogens with one attached hydrogen (secondary N) is 3. The van der Waals surface area contributed by atoms with E-state index in [9.17, 15) is 24.0 Å². The number of primary amides is 1. The Kier molecular flexibility index (Phi) is 7.36. The molecule has 28 heavy (non-hydrogen) atoms. The molecule has 5 amide bonds. The summed E-state index contributed by atoms with van der Waals surface area (Å²) >= 11 is 0. The molecule has 0 bridgehead atoms. The maximum absolute atomic E-state index is 12.8. The minimum atomic E-state index is -0.824. The molecule has 0 radical (unpaired) electrons. The van der Waals surface area contributed by atoms with Crippen LogP contribution in [0.1, 0.15) is 46.0 Å². The summed E-state index contributed by atoms with van der Waals surface area (Å²) in [6.45, 7) is 3.95. The van der Waals surface area contributed by atoms with Crippen molar-refractivity contribution in [2.45, 2.75) is 64.1 Å². The van der Waals surface area contributed by atoms with Gasteiger partial charge in [0.15, 0.2) is 0 Å². The molecule has 3 unspecified atom stereocenters. The maximum Gasteiger partial charge on any atom is 0.245 e. The molecule has 0 saturated carbocycles. The Morgan fingerprint density at radius 3 is 2.54 bits per heavy atom. The molecule has 2 fully saturated rings. The van der Waals surface area contributed by atoms with E-state index in [0.717, 1.165) is 0 Å². The summed E-state index contributed by atoms with van der Waals surface area (Å²) in [5.41, 5.74) is 5.05. The van der Waals surface area contributed by atoms with Crippen LogP contribution in [0.15, 0.2) is 0 Å². The van der Waals surface area contributed by atoms with Gasteiger partial charge in [0.1, 0.15) is 18.1 Å². The van der Waals surface area contributed by atoms with E-state index in [1.54, 1.807) is 0 Å². The van der Waals surface area contributed by atoms with Gasteiger partial charge in [0, 0.05) is 13.0 Å². The van der Waals surface area contributed by atoms with E-state index in [1.807, 2.05) is 13.8 Å². The molecule has 5 N–H and O–H groups in total. The van der Waals surface area contributed by atoms with E-state index in [2.05, 4.69) is 16.0 Å². The van der Waals surface area contributed by atoms with Gasteiger partial charge < -0.3 is 26.6 Å². The van der Waals surface area contributed by atoms with Crippen molar-refractivity contribution >= 4 is 29.5 Å². The van der Waals surface area contributed by atoms with Gasteiger partial charge in [-0.15, -0.1) is 0 Å². The lowest BCUT2D eigenvalue weighted by molar-refractivity contribution is -0.141. The van der Waals surface area contributed by atoms with Gasteiger partial charge in [-0.25, -0.2) is 0 Å². The summed E-state index contributed by atoms with van der Waals surface area (Å²) in [5.74, 6) is -1.87. The Hall–Kier alpha value is -2.65. The van der Waals surface area contributed by atoms with E-state index in [0.29, 0.717) is 38.6 Å². The van der Waals surface area contributed by atoms with Gasteiger partial charge in [0.2, 0.25) is 29.5 Å². The minimum Gasteiger partial charge on any atom is -0.368 e. The molecule has 156 valence electrons. The molecule has 0 aromatic heterocycles. The number of rotatable bonds is 8. The van der Waals surface area contributed by atoms with Crippen LogP contribution >= 0.6 is 0 Å². The fourth-order valence-electron chi connectivity index (χ4n) is 3.57. The summed E-state index contributed by atoms with van der Waals surface area (Å²) in [4.78, 5) is 61.6. The Morgan fingerprint density at radius 2 is 1.96 bits per heavy atom. The van der Waals surface area contributed by atoms with Gasteiger partial charge >= 0.3 is 0 Å². The number of hydrogen-bond acceptors (Lipinski definition) is 5. The number of carbonyl (C=O) groups excluding carboxylic acids is 5. The largest absolute Gasteiger partial charge is 0.368 e. The Bertz CT molecular complexity index is 650. The van der Waals surface area contributed by atoms with E-state index in [1.165, 1.54) is 4.90 Å². The molecule has 0 aromatic carbocycles. The average molecular weight is 395 g/mol. The highest BCUT2D eigenvalue weighted by atomic mass is 16.2. The van der Waals surface area contributed by atoms with Gasteiger partial charge in [-0.1, -0.05) is 13.8 Å². The molecule has 2 rings (SSSR count). The summed E-state index contributed by atoms with van der Waals surface area (Å²) in [6.07, 6.45) is 2.28. The molecular weight excluding hydrogens is 366 g/mol. The Labute approximate surface area is 163 Å². The lowest BCUT2D eigenvalue weighted by atomic mass is 10.0. The molecular formula is C18H29N5O5. The van der Waals surface area contributed by atoms with Crippen LogP contribution in [0.3, 0.4) is 0 Å². The molecule has 3 atom stereocenters. The monoisotopic (exact) mass is 395 g/mol. The Morgan fingerprint density at radius 1 is 1.25 bits per heavy atom. The third-order valence-electron chi connectivity index (χ3n) is 4.91. The van der Waals surface area contributed by atoms with Crippen LogP contribution < -0.4 is 21.7 Å². The maximum atomic E-state index is 12.8. The van der Waals surface area contributed by atoms with Crippen LogP contribution in [0.2, 0.25) is 0 Å². The van der Waals surface area contributed by atoms with E-state index >= 15 is 0 Å². The number of likely N-dealkylation sites (tertiary alicyclic amines) is 1. The predicted octanol–water partition coefficient (Wildman–Crippen LogP) is -1.61. The fraction of sp³-hybridized carbons (Fsp3) is 0.722. The topological polar surface area (TPSA) is 151 Å². The highest BCUT2D eigenvalue weighted by Gasteiger charge is 2.40. The second-order valence-corrected chi connectivity index (χ2v) is 7.72. The van der Waals surface area contributed by atoms with Crippen molar-refractivity contribution in [1.82, 2.24) is 20.9 Å². The van der Waals surface area contributed by atoms with Gasteiger partial charge in [0.05, 0.1) is 6.54 Å². The van der Waals surface area contributed by atoms with Crippen LogP contribution in [0.25, 0.3) is 0 Å². The quantitative estimate of drug-likeness (QED) is 0.390. The number of carbonyl (C=O) groups is 5. The van der Waals surface area contributed by atoms with Gasteiger partial charge in [-0.3, -0.25) is 24.0 Å². The van der Waals surface area contributed by atoms with Gasteiger partial charge in [0.25, 0.3) is 0 Å². The van der Waals surface area contributed by atoms with Crippen LogP contribution in [0.5, 0.6) is 0 Å². The lowest BCUT2D eigenvalue weighted by Crippen LogP contribution is -2.55. The molecule has 10 heteroatoms. The first-order chi connectivity index (χ1) is 13.2. The summed E-state index contributed by atoms with van der Waals surface area (Å²) in [7, 11) is 0. The summed E-state index contributed by atoms with van der Waals surface area (Å²) in [5, 5.41) is 7.76. The van der Waals surface area contributed by atoms with Crippen LogP contribution in [0, 0.1) is 5.92 Å². The SMILES string of the molecule is CC(C)CC(NC(=O)C1CCCN1C(=O)C1CCC(=O)N1)C(=O)NCC(N)=O. The number of amides is 5. The average Bonchev–Trinajstić information content (AvgIpc) is 3.27. The third-order valence-corrected chi connectivity index (χ3v) is 4.91. The zero-order valence-corrected chi connectivity index (χ0v) is 16.3. The molecule has 2 saturated heterocycles.